The molecule has 0 unspecified atom stereocenters. The second-order valence-electron chi connectivity index (χ2n) is 7.49. The third-order valence-electron chi connectivity index (χ3n) is 5.63. The molecular formula is C20H26N4O. The minimum atomic E-state index is -0.0335. The summed E-state index contributed by atoms with van der Waals surface area (Å²) in [7, 11) is 0. The largest absolute Gasteiger partial charge is 0.394 e. The normalized spacial score (nSPS) is 22.8. The molecule has 1 saturated heterocycles. The van der Waals surface area contributed by atoms with Crippen LogP contribution in [0, 0.1) is 5.92 Å². The number of fused-ring (bicyclic) bond motifs is 2. The fraction of sp³-hybridized carbons (Fsp3) is 0.500. The number of rotatable bonds is 5. The van der Waals surface area contributed by atoms with Gasteiger partial charge in [-0.25, -0.2) is 4.98 Å². The molecule has 2 N–H and O–H groups in total. The van der Waals surface area contributed by atoms with Crippen molar-refractivity contribution < 1.29 is 5.11 Å². The lowest BCUT2D eigenvalue weighted by Gasteiger charge is -2.47. The highest BCUT2D eigenvalue weighted by atomic mass is 16.3. The van der Waals surface area contributed by atoms with Gasteiger partial charge in [-0.1, -0.05) is 38.1 Å². The molecule has 3 heterocycles. The van der Waals surface area contributed by atoms with Gasteiger partial charge in [0.15, 0.2) is 0 Å². The highest BCUT2D eigenvalue weighted by molar-refractivity contribution is 5.52. The number of aliphatic hydroxyl groups is 1. The Labute approximate surface area is 149 Å². The van der Waals surface area contributed by atoms with Crippen molar-refractivity contribution >= 4 is 11.8 Å². The predicted molar refractivity (Wildman–Crippen MR) is 99.9 cm³/mol. The number of nitrogens with zero attached hydrogens (tertiary/aromatic N) is 3. The average Bonchev–Trinajstić information content (AvgIpc) is 2.66. The van der Waals surface area contributed by atoms with Gasteiger partial charge < -0.3 is 15.3 Å². The minimum Gasteiger partial charge on any atom is -0.394 e. The van der Waals surface area contributed by atoms with Gasteiger partial charge in [0.05, 0.1) is 18.7 Å². The first-order valence-electron chi connectivity index (χ1n) is 9.23. The lowest BCUT2D eigenvalue weighted by atomic mass is 9.75. The Balaban J connectivity index is 1.60. The lowest BCUT2D eigenvalue weighted by Crippen LogP contribution is -2.43. The molecule has 132 valence electrons. The molecule has 3 aliphatic rings. The van der Waals surface area contributed by atoms with Crippen LogP contribution in [0.15, 0.2) is 36.5 Å². The summed E-state index contributed by atoms with van der Waals surface area (Å²) in [5.74, 6) is 2.48. The Morgan fingerprint density at radius 2 is 2.00 bits per heavy atom. The van der Waals surface area contributed by atoms with Crippen LogP contribution >= 0.6 is 0 Å². The van der Waals surface area contributed by atoms with Gasteiger partial charge in [0.1, 0.15) is 5.82 Å². The zero-order valence-corrected chi connectivity index (χ0v) is 14.9. The number of hydrogen-bond acceptors (Lipinski definition) is 5. The smallest absolute Gasteiger partial charge is 0.224 e. The Bertz CT molecular complexity index is 748. The van der Waals surface area contributed by atoms with Gasteiger partial charge in [0.2, 0.25) is 5.95 Å². The molecule has 1 fully saturated rings. The molecule has 0 amide bonds. The molecule has 3 atom stereocenters. The topological polar surface area (TPSA) is 61.3 Å². The Hall–Kier alpha value is -2.14. The molecule has 5 heteroatoms. The zero-order valence-electron chi connectivity index (χ0n) is 14.9. The second-order valence-corrected chi connectivity index (χ2v) is 7.49. The number of aliphatic hydroxyl groups excluding tert-OH is 1. The Morgan fingerprint density at radius 1 is 1.20 bits per heavy atom. The van der Waals surface area contributed by atoms with Gasteiger partial charge in [0, 0.05) is 18.7 Å². The second kappa shape index (κ2) is 6.64. The van der Waals surface area contributed by atoms with Crippen molar-refractivity contribution in [2.45, 2.75) is 44.7 Å². The number of piperidine rings is 1. The summed E-state index contributed by atoms with van der Waals surface area (Å²) < 4.78 is 0. The van der Waals surface area contributed by atoms with E-state index in [2.05, 4.69) is 53.3 Å². The van der Waals surface area contributed by atoms with Crippen molar-refractivity contribution in [1.82, 2.24) is 9.97 Å². The maximum atomic E-state index is 9.54. The molecule has 1 aliphatic carbocycles. The monoisotopic (exact) mass is 338 g/mol. The Morgan fingerprint density at radius 3 is 2.76 bits per heavy atom. The first kappa shape index (κ1) is 16.3. The fourth-order valence-corrected chi connectivity index (χ4v) is 4.16. The van der Waals surface area contributed by atoms with Crippen LogP contribution in [-0.4, -0.2) is 34.3 Å². The number of anilines is 2. The van der Waals surface area contributed by atoms with Crippen LogP contribution in [0.2, 0.25) is 0 Å². The molecule has 0 saturated carbocycles. The van der Waals surface area contributed by atoms with Crippen LogP contribution in [0.1, 0.15) is 49.8 Å². The van der Waals surface area contributed by atoms with E-state index >= 15 is 0 Å². The van der Waals surface area contributed by atoms with Gasteiger partial charge in [-0.2, -0.15) is 4.98 Å². The highest BCUT2D eigenvalue weighted by Gasteiger charge is 2.38. The molecule has 5 rings (SSSR count). The SMILES string of the molecule is CC(C)[C@H](CO)Nc1nccc(N2C[C@H]3CC[C@H]2c2ccccc23)n1. The van der Waals surface area contributed by atoms with E-state index in [1.54, 1.807) is 0 Å². The summed E-state index contributed by atoms with van der Waals surface area (Å²) in [6.45, 7) is 5.26. The highest BCUT2D eigenvalue weighted by Crippen LogP contribution is 2.47. The molecular weight excluding hydrogens is 312 g/mol. The van der Waals surface area contributed by atoms with Crippen LogP contribution in [0.3, 0.4) is 0 Å². The number of nitrogens with one attached hydrogen (secondary N) is 1. The fourth-order valence-electron chi connectivity index (χ4n) is 4.16. The summed E-state index contributed by atoms with van der Waals surface area (Å²) in [6, 6.07) is 11.2. The van der Waals surface area contributed by atoms with Crippen molar-refractivity contribution in [3.05, 3.63) is 47.7 Å². The van der Waals surface area contributed by atoms with Crippen molar-refractivity contribution in [2.24, 2.45) is 5.92 Å². The van der Waals surface area contributed by atoms with Crippen molar-refractivity contribution in [2.75, 3.05) is 23.4 Å². The molecule has 1 aromatic carbocycles. The van der Waals surface area contributed by atoms with E-state index in [1.807, 2.05) is 12.3 Å². The van der Waals surface area contributed by atoms with Crippen molar-refractivity contribution in [3.63, 3.8) is 0 Å². The summed E-state index contributed by atoms with van der Waals surface area (Å²) in [4.78, 5) is 11.5. The third kappa shape index (κ3) is 2.97. The quantitative estimate of drug-likeness (QED) is 0.875. The number of hydrogen-bond donors (Lipinski definition) is 2. The van der Waals surface area contributed by atoms with Crippen LogP contribution < -0.4 is 10.2 Å². The van der Waals surface area contributed by atoms with E-state index in [1.165, 1.54) is 24.0 Å². The molecule has 2 aromatic rings. The Kier molecular flexibility index (Phi) is 4.34. The summed E-state index contributed by atoms with van der Waals surface area (Å²) in [5, 5.41) is 12.8. The van der Waals surface area contributed by atoms with Crippen molar-refractivity contribution in [1.29, 1.82) is 0 Å². The minimum absolute atomic E-state index is 0.0335. The molecule has 0 radical (unpaired) electrons. The van der Waals surface area contributed by atoms with E-state index < -0.39 is 0 Å². The van der Waals surface area contributed by atoms with Crippen LogP contribution in [-0.2, 0) is 0 Å². The number of aromatic nitrogens is 2. The van der Waals surface area contributed by atoms with Gasteiger partial charge in [0.25, 0.3) is 0 Å². The predicted octanol–water partition coefficient (Wildman–Crippen LogP) is 3.34. The maximum Gasteiger partial charge on any atom is 0.224 e. The molecule has 2 aliphatic heterocycles. The first-order chi connectivity index (χ1) is 12.2. The summed E-state index contributed by atoms with van der Waals surface area (Å²) in [6.07, 6.45) is 4.25. The number of benzene rings is 1. The third-order valence-corrected chi connectivity index (χ3v) is 5.63. The van der Waals surface area contributed by atoms with Gasteiger partial charge in [-0.05, 0) is 36.0 Å². The molecule has 1 aromatic heterocycles. The van der Waals surface area contributed by atoms with E-state index in [4.69, 9.17) is 4.98 Å². The van der Waals surface area contributed by atoms with E-state index in [-0.39, 0.29) is 12.6 Å². The lowest BCUT2D eigenvalue weighted by molar-refractivity contribution is 0.248. The zero-order chi connectivity index (χ0) is 17.4. The first-order valence-corrected chi connectivity index (χ1v) is 9.23. The van der Waals surface area contributed by atoms with E-state index in [0.29, 0.717) is 23.8 Å². The molecule has 25 heavy (non-hydrogen) atoms. The summed E-state index contributed by atoms with van der Waals surface area (Å²) >= 11 is 0. The average molecular weight is 338 g/mol. The van der Waals surface area contributed by atoms with Gasteiger partial charge in [-0.15, -0.1) is 0 Å². The van der Waals surface area contributed by atoms with Gasteiger partial charge in [-0.3, -0.25) is 0 Å². The summed E-state index contributed by atoms with van der Waals surface area (Å²) in [5.41, 5.74) is 2.97. The van der Waals surface area contributed by atoms with Crippen LogP contribution in [0.25, 0.3) is 0 Å². The maximum absolute atomic E-state index is 9.54. The van der Waals surface area contributed by atoms with Crippen LogP contribution in [0.5, 0.6) is 0 Å². The standard InChI is InChI=1S/C20H26N4O/c1-13(2)17(12-25)22-20-21-10-9-19(23-20)24-11-14-7-8-18(24)16-6-4-3-5-15(14)16/h3-6,9-10,13-14,17-18,25H,7-8,11-12H2,1-2H3,(H,21,22,23)/t14-,17+,18+/m1/s1. The van der Waals surface area contributed by atoms with Crippen LogP contribution in [0.4, 0.5) is 11.8 Å². The molecule has 5 nitrogen and oxygen atoms in total. The van der Waals surface area contributed by atoms with E-state index in [0.717, 1.165) is 12.4 Å². The molecule has 0 spiro atoms. The van der Waals surface area contributed by atoms with E-state index in [9.17, 15) is 5.11 Å². The molecule has 2 bridgehead atoms. The van der Waals surface area contributed by atoms with Gasteiger partial charge >= 0.3 is 0 Å². The van der Waals surface area contributed by atoms with Crippen molar-refractivity contribution in [3.8, 4) is 0 Å².